The number of nitrogens with zero attached hydrogens (tertiary/aromatic N) is 1. The third-order valence-corrected chi connectivity index (χ3v) is 4.43. The van der Waals surface area contributed by atoms with Gasteiger partial charge in [0.05, 0.1) is 29.3 Å². The average molecular weight is 280 g/mol. The van der Waals surface area contributed by atoms with E-state index in [2.05, 4.69) is 0 Å². The molecular weight excluding hydrogens is 262 g/mol. The van der Waals surface area contributed by atoms with E-state index < -0.39 is 0 Å². The van der Waals surface area contributed by atoms with Gasteiger partial charge < -0.3 is 9.64 Å². The van der Waals surface area contributed by atoms with Crippen LogP contribution in [0.15, 0.2) is 24.3 Å². The highest BCUT2D eigenvalue weighted by atomic mass is 35.5. The Labute approximate surface area is 118 Å². The van der Waals surface area contributed by atoms with Crippen molar-refractivity contribution in [3.63, 3.8) is 0 Å². The zero-order valence-electron chi connectivity index (χ0n) is 10.8. The van der Waals surface area contributed by atoms with Gasteiger partial charge in [-0.3, -0.25) is 4.79 Å². The number of fused-ring (bicyclic) bond motifs is 1. The van der Waals surface area contributed by atoms with E-state index in [9.17, 15) is 4.79 Å². The largest absolute Gasteiger partial charge is 0.374 e. The number of ether oxygens (including phenoxy) is 1. The molecule has 0 unspecified atom stereocenters. The summed E-state index contributed by atoms with van der Waals surface area (Å²) in [6, 6.07) is 7.51. The summed E-state index contributed by atoms with van der Waals surface area (Å²) < 4.78 is 5.80. The number of carbonyl (C=O) groups excluding carboxylic acids is 1. The molecule has 2 aliphatic rings. The number of benzene rings is 1. The molecule has 3 nitrogen and oxygen atoms in total. The van der Waals surface area contributed by atoms with Crippen molar-refractivity contribution in [2.24, 2.45) is 0 Å². The first-order chi connectivity index (χ1) is 9.27. The molecule has 1 heterocycles. The van der Waals surface area contributed by atoms with Crippen molar-refractivity contribution in [3.05, 3.63) is 34.9 Å². The fraction of sp³-hybridized carbons (Fsp3) is 0.533. The molecule has 1 saturated carbocycles. The fourth-order valence-electron chi connectivity index (χ4n) is 3.14. The predicted octanol–water partition coefficient (Wildman–Crippen LogP) is 3.12. The van der Waals surface area contributed by atoms with Gasteiger partial charge in [-0.1, -0.05) is 36.6 Å². The molecule has 0 aromatic heterocycles. The first-order valence-electron chi connectivity index (χ1n) is 6.94. The summed E-state index contributed by atoms with van der Waals surface area (Å²) in [6.45, 7) is 1.31. The highest BCUT2D eigenvalue weighted by Gasteiger charge is 2.37. The van der Waals surface area contributed by atoms with Crippen molar-refractivity contribution >= 4 is 17.5 Å². The molecule has 1 aromatic rings. The van der Waals surface area contributed by atoms with E-state index in [4.69, 9.17) is 16.3 Å². The van der Waals surface area contributed by atoms with Crippen LogP contribution >= 0.6 is 11.6 Å². The van der Waals surface area contributed by atoms with Crippen molar-refractivity contribution in [2.45, 2.75) is 37.8 Å². The van der Waals surface area contributed by atoms with E-state index in [1.54, 1.807) is 12.1 Å². The lowest BCUT2D eigenvalue weighted by atomic mass is 9.89. The highest BCUT2D eigenvalue weighted by molar-refractivity contribution is 6.33. The molecule has 1 aliphatic heterocycles. The van der Waals surface area contributed by atoms with Crippen LogP contribution in [-0.4, -0.2) is 36.1 Å². The van der Waals surface area contributed by atoms with Gasteiger partial charge >= 0.3 is 0 Å². The topological polar surface area (TPSA) is 29.5 Å². The molecule has 102 valence electrons. The van der Waals surface area contributed by atoms with Crippen molar-refractivity contribution in [1.29, 1.82) is 0 Å². The Balaban J connectivity index is 1.84. The average Bonchev–Trinajstić information content (AvgIpc) is 2.46. The lowest BCUT2D eigenvalue weighted by Crippen LogP contribution is -2.54. The summed E-state index contributed by atoms with van der Waals surface area (Å²) >= 11 is 6.13. The Bertz CT molecular complexity index is 475. The summed E-state index contributed by atoms with van der Waals surface area (Å²) in [6.07, 6.45) is 4.71. The minimum atomic E-state index is 0.0470. The number of morpholine rings is 1. The van der Waals surface area contributed by atoms with Gasteiger partial charge in [0.1, 0.15) is 0 Å². The number of hydrogen-bond acceptors (Lipinski definition) is 2. The van der Waals surface area contributed by atoms with Crippen LogP contribution in [0, 0.1) is 0 Å². The summed E-state index contributed by atoms with van der Waals surface area (Å²) in [5, 5.41) is 0.534. The lowest BCUT2D eigenvalue weighted by Gasteiger charge is -2.43. The van der Waals surface area contributed by atoms with E-state index in [1.165, 1.54) is 12.8 Å². The minimum absolute atomic E-state index is 0.0470. The Morgan fingerprint density at radius 1 is 1.26 bits per heavy atom. The van der Waals surface area contributed by atoms with E-state index in [0.717, 1.165) is 12.8 Å². The SMILES string of the molecule is O=C(c1ccccc1Cl)N1CCO[C@@H]2CCCC[C@@H]21. The standard InChI is InChI=1S/C15H18ClNO2/c16-12-6-2-1-5-11(12)15(18)17-9-10-19-14-8-4-3-7-13(14)17/h1-2,5-6,13-14H,3-4,7-10H2/t13-,14+/m0/s1. The van der Waals surface area contributed by atoms with Gasteiger partial charge in [0, 0.05) is 6.54 Å². The fourth-order valence-corrected chi connectivity index (χ4v) is 3.35. The van der Waals surface area contributed by atoms with Gasteiger partial charge in [-0.2, -0.15) is 0 Å². The van der Waals surface area contributed by atoms with Crippen molar-refractivity contribution in [3.8, 4) is 0 Å². The number of carbonyl (C=O) groups is 1. The molecule has 3 rings (SSSR count). The normalized spacial score (nSPS) is 26.9. The molecule has 2 fully saturated rings. The molecule has 0 radical (unpaired) electrons. The van der Waals surface area contributed by atoms with Crippen molar-refractivity contribution in [1.82, 2.24) is 4.90 Å². The minimum Gasteiger partial charge on any atom is -0.374 e. The van der Waals surface area contributed by atoms with Gasteiger partial charge in [0.15, 0.2) is 0 Å². The van der Waals surface area contributed by atoms with Gasteiger partial charge in [0.2, 0.25) is 0 Å². The molecule has 1 aliphatic carbocycles. The second-order valence-corrected chi connectivity index (χ2v) is 5.65. The molecule has 1 saturated heterocycles. The van der Waals surface area contributed by atoms with Crippen LogP contribution in [0.5, 0.6) is 0 Å². The number of hydrogen-bond donors (Lipinski definition) is 0. The molecule has 2 atom stereocenters. The Kier molecular flexibility index (Phi) is 3.76. The van der Waals surface area contributed by atoms with E-state index in [-0.39, 0.29) is 18.1 Å². The molecule has 0 N–H and O–H groups in total. The first kappa shape index (κ1) is 12.9. The van der Waals surface area contributed by atoms with E-state index >= 15 is 0 Å². The van der Waals surface area contributed by atoms with Gasteiger partial charge in [-0.15, -0.1) is 0 Å². The van der Waals surface area contributed by atoms with Crippen molar-refractivity contribution < 1.29 is 9.53 Å². The summed E-state index contributed by atoms with van der Waals surface area (Å²) in [5.74, 6) is 0.0470. The molecule has 19 heavy (non-hydrogen) atoms. The maximum absolute atomic E-state index is 12.7. The third-order valence-electron chi connectivity index (χ3n) is 4.10. The van der Waals surface area contributed by atoms with Gasteiger partial charge in [-0.05, 0) is 25.0 Å². The third kappa shape index (κ3) is 2.49. The van der Waals surface area contributed by atoms with Gasteiger partial charge in [0.25, 0.3) is 5.91 Å². The number of amides is 1. The van der Waals surface area contributed by atoms with Crippen LogP contribution in [0.25, 0.3) is 0 Å². The Hall–Kier alpha value is -1.06. The van der Waals surface area contributed by atoms with Crippen molar-refractivity contribution in [2.75, 3.05) is 13.2 Å². The first-order valence-corrected chi connectivity index (χ1v) is 7.32. The van der Waals surface area contributed by atoms with Crippen LogP contribution < -0.4 is 0 Å². The summed E-state index contributed by atoms with van der Waals surface area (Å²) in [7, 11) is 0. The van der Waals surface area contributed by atoms with Crippen LogP contribution in [0.1, 0.15) is 36.0 Å². The maximum Gasteiger partial charge on any atom is 0.255 e. The van der Waals surface area contributed by atoms with Crippen LogP contribution in [-0.2, 0) is 4.74 Å². The van der Waals surface area contributed by atoms with Gasteiger partial charge in [-0.25, -0.2) is 0 Å². The second kappa shape index (κ2) is 5.51. The molecule has 4 heteroatoms. The smallest absolute Gasteiger partial charge is 0.255 e. The molecule has 1 aromatic carbocycles. The van der Waals surface area contributed by atoms with E-state index in [1.807, 2.05) is 17.0 Å². The summed E-state index contributed by atoms with van der Waals surface area (Å²) in [5.41, 5.74) is 0.607. The van der Waals surface area contributed by atoms with Crippen LogP contribution in [0.4, 0.5) is 0 Å². The molecule has 0 bridgehead atoms. The van der Waals surface area contributed by atoms with E-state index in [0.29, 0.717) is 23.7 Å². The molecule has 1 amide bonds. The number of halogens is 1. The Morgan fingerprint density at radius 3 is 2.89 bits per heavy atom. The lowest BCUT2D eigenvalue weighted by molar-refractivity contribution is -0.0752. The van der Waals surface area contributed by atoms with Crippen LogP contribution in [0.3, 0.4) is 0 Å². The zero-order chi connectivity index (χ0) is 13.2. The number of rotatable bonds is 1. The second-order valence-electron chi connectivity index (χ2n) is 5.24. The maximum atomic E-state index is 12.7. The zero-order valence-corrected chi connectivity index (χ0v) is 11.6. The monoisotopic (exact) mass is 279 g/mol. The quantitative estimate of drug-likeness (QED) is 0.790. The van der Waals surface area contributed by atoms with Crippen LogP contribution in [0.2, 0.25) is 5.02 Å². The Morgan fingerprint density at radius 2 is 2.05 bits per heavy atom. The summed E-state index contributed by atoms with van der Waals surface area (Å²) in [4.78, 5) is 14.6. The molecule has 0 spiro atoms. The highest BCUT2D eigenvalue weighted by Crippen LogP contribution is 2.30. The molecular formula is C15H18ClNO2. The predicted molar refractivity (Wildman–Crippen MR) is 74.5 cm³/mol.